The van der Waals surface area contributed by atoms with E-state index in [0.29, 0.717) is 28.2 Å². The van der Waals surface area contributed by atoms with Gasteiger partial charge in [-0.05, 0) is 51.3 Å². The summed E-state index contributed by atoms with van der Waals surface area (Å²) >= 11 is 0. The molecule has 0 unspecified atom stereocenters. The zero-order valence-electron chi connectivity index (χ0n) is 15.5. The van der Waals surface area contributed by atoms with Crippen molar-refractivity contribution in [3.8, 4) is 0 Å². The van der Waals surface area contributed by atoms with Gasteiger partial charge in [0.2, 0.25) is 5.71 Å². The van der Waals surface area contributed by atoms with E-state index in [2.05, 4.69) is 27.5 Å². The molecule has 0 saturated heterocycles. The van der Waals surface area contributed by atoms with Crippen molar-refractivity contribution in [1.82, 2.24) is 15.3 Å². The van der Waals surface area contributed by atoms with Crippen LogP contribution in [-0.4, -0.2) is 21.4 Å². The summed E-state index contributed by atoms with van der Waals surface area (Å²) in [4.78, 5) is 21.5. The molecule has 2 N–H and O–H groups in total. The van der Waals surface area contributed by atoms with E-state index in [-0.39, 0.29) is 23.3 Å². The van der Waals surface area contributed by atoms with Crippen LogP contribution in [-0.2, 0) is 0 Å². The Kier molecular flexibility index (Phi) is 4.09. The molecule has 1 aliphatic carbocycles. The number of rotatable bonds is 5. The number of aryl methyl sites for hydroxylation is 1. The highest BCUT2D eigenvalue weighted by molar-refractivity contribution is 6.10. The number of nitrogens with zero attached hydrogens (tertiary/aromatic N) is 2. The van der Waals surface area contributed by atoms with Crippen molar-refractivity contribution in [3.63, 3.8) is 0 Å². The minimum Gasteiger partial charge on any atom is -0.442 e. The van der Waals surface area contributed by atoms with E-state index in [1.54, 1.807) is 19.1 Å². The molecular weight excluding hydrogens is 347 g/mol. The van der Waals surface area contributed by atoms with Gasteiger partial charge in [-0.25, -0.2) is 14.4 Å². The van der Waals surface area contributed by atoms with E-state index in [4.69, 9.17) is 4.42 Å². The Morgan fingerprint density at radius 2 is 1.96 bits per heavy atom. The summed E-state index contributed by atoms with van der Waals surface area (Å²) in [6, 6.07) is 5.78. The molecule has 0 aliphatic heterocycles. The van der Waals surface area contributed by atoms with Gasteiger partial charge >= 0.3 is 0 Å². The molecule has 1 fully saturated rings. The number of hydrogen-bond acceptors (Lipinski definition) is 5. The largest absolute Gasteiger partial charge is 0.442 e. The van der Waals surface area contributed by atoms with Crippen LogP contribution in [0.2, 0.25) is 0 Å². The van der Waals surface area contributed by atoms with Crippen LogP contribution in [0, 0.1) is 12.7 Å². The molecule has 27 heavy (non-hydrogen) atoms. The standard InChI is InChI=1S/C20H21FN4O2/c1-11(13-4-6-14(21)7-5-13)24-18(26)15-12(2)27-19-16(15)17(22-10-23-19)25-20(3)8-9-20/h4-7,10-11H,8-9H2,1-3H3,(H,24,26)(H,22,23,25)/t11-/m1/s1. The van der Waals surface area contributed by atoms with Gasteiger partial charge in [0.1, 0.15) is 23.7 Å². The van der Waals surface area contributed by atoms with Crippen molar-refractivity contribution in [2.75, 3.05) is 5.32 Å². The highest BCUT2D eigenvalue weighted by Gasteiger charge is 2.38. The van der Waals surface area contributed by atoms with Crippen molar-refractivity contribution in [3.05, 3.63) is 53.3 Å². The van der Waals surface area contributed by atoms with Gasteiger partial charge in [-0.15, -0.1) is 0 Å². The summed E-state index contributed by atoms with van der Waals surface area (Å²) in [6.45, 7) is 5.70. The molecule has 0 bridgehead atoms. The maximum atomic E-state index is 13.1. The molecule has 1 atom stereocenters. The van der Waals surface area contributed by atoms with E-state index in [1.165, 1.54) is 18.5 Å². The lowest BCUT2D eigenvalue weighted by Gasteiger charge is -2.16. The molecule has 0 spiro atoms. The lowest BCUT2D eigenvalue weighted by Crippen LogP contribution is -2.27. The second-order valence-corrected chi connectivity index (χ2v) is 7.37. The van der Waals surface area contributed by atoms with Crippen LogP contribution in [0.25, 0.3) is 11.1 Å². The number of benzene rings is 1. The van der Waals surface area contributed by atoms with Crippen molar-refractivity contribution < 1.29 is 13.6 Å². The number of carbonyl (C=O) groups is 1. The van der Waals surface area contributed by atoms with Gasteiger partial charge in [0.05, 0.1) is 17.0 Å². The van der Waals surface area contributed by atoms with Gasteiger partial charge in [-0.3, -0.25) is 4.79 Å². The number of carbonyl (C=O) groups excluding carboxylic acids is 1. The first-order valence-electron chi connectivity index (χ1n) is 8.95. The van der Waals surface area contributed by atoms with Crippen LogP contribution < -0.4 is 10.6 Å². The summed E-state index contributed by atoms with van der Waals surface area (Å²) in [6.07, 6.45) is 3.54. The fraction of sp³-hybridized carbons (Fsp3) is 0.350. The molecule has 2 aromatic heterocycles. The second kappa shape index (κ2) is 6.33. The topological polar surface area (TPSA) is 80.1 Å². The second-order valence-electron chi connectivity index (χ2n) is 7.37. The van der Waals surface area contributed by atoms with Gasteiger partial charge in [-0.2, -0.15) is 0 Å². The quantitative estimate of drug-likeness (QED) is 0.708. The molecule has 7 heteroatoms. The molecule has 1 amide bonds. The zero-order chi connectivity index (χ0) is 19.2. The van der Waals surface area contributed by atoms with Crippen molar-refractivity contribution in [2.45, 2.75) is 45.2 Å². The van der Waals surface area contributed by atoms with Crippen molar-refractivity contribution in [2.24, 2.45) is 0 Å². The molecule has 140 valence electrons. The number of hydrogen-bond donors (Lipinski definition) is 2. The summed E-state index contributed by atoms with van der Waals surface area (Å²) in [5, 5.41) is 6.94. The van der Waals surface area contributed by atoms with Crippen LogP contribution >= 0.6 is 0 Å². The Balaban J connectivity index is 1.66. The first-order valence-corrected chi connectivity index (χ1v) is 8.95. The van der Waals surface area contributed by atoms with Crippen LogP contribution in [0.3, 0.4) is 0 Å². The monoisotopic (exact) mass is 368 g/mol. The molecule has 1 aliphatic rings. The van der Waals surface area contributed by atoms with Gasteiger partial charge in [0.15, 0.2) is 0 Å². The predicted octanol–water partition coefficient (Wildman–Crippen LogP) is 4.13. The third-order valence-electron chi connectivity index (χ3n) is 5.03. The van der Waals surface area contributed by atoms with Crippen LogP contribution in [0.5, 0.6) is 0 Å². The van der Waals surface area contributed by atoms with E-state index >= 15 is 0 Å². The average molecular weight is 368 g/mol. The fourth-order valence-electron chi connectivity index (χ4n) is 3.11. The van der Waals surface area contributed by atoms with E-state index in [9.17, 15) is 9.18 Å². The first kappa shape index (κ1) is 17.5. The lowest BCUT2D eigenvalue weighted by molar-refractivity contribution is 0.0940. The highest BCUT2D eigenvalue weighted by atomic mass is 19.1. The Morgan fingerprint density at radius 3 is 2.63 bits per heavy atom. The Bertz CT molecular complexity index is 1010. The number of furan rings is 1. The predicted molar refractivity (Wildman–Crippen MR) is 100 cm³/mol. The number of fused-ring (bicyclic) bond motifs is 1. The van der Waals surface area contributed by atoms with Crippen LogP contribution in [0.15, 0.2) is 35.0 Å². The number of halogens is 1. The average Bonchev–Trinajstić information content (AvgIpc) is 3.23. The van der Waals surface area contributed by atoms with Gasteiger partial charge in [0, 0.05) is 5.54 Å². The SMILES string of the molecule is Cc1oc2ncnc(NC3(C)CC3)c2c1C(=O)N[C@H](C)c1ccc(F)cc1. The third-order valence-corrected chi connectivity index (χ3v) is 5.03. The Morgan fingerprint density at radius 1 is 1.26 bits per heavy atom. The molecule has 3 aromatic rings. The first-order chi connectivity index (χ1) is 12.9. The smallest absolute Gasteiger partial charge is 0.256 e. The highest BCUT2D eigenvalue weighted by Crippen LogP contribution is 2.40. The third kappa shape index (κ3) is 3.37. The van der Waals surface area contributed by atoms with E-state index in [0.717, 1.165) is 18.4 Å². The molecule has 6 nitrogen and oxygen atoms in total. The maximum Gasteiger partial charge on any atom is 0.256 e. The van der Waals surface area contributed by atoms with Crippen LogP contribution in [0.1, 0.15) is 54.4 Å². The summed E-state index contributed by atoms with van der Waals surface area (Å²) in [7, 11) is 0. The molecule has 4 rings (SSSR count). The van der Waals surface area contributed by atoms with Gasteiger partial charge in [0.25, 0.3) is 5.91 Å². The number of aromatic nitrogens is 2. The molecule has 1 aromatic carbocycles. The van der Waals surface area contributed by atoms with Crippen LogP contribution in [0.4, 0.5) is 10.2 Å². The minimum atomic E-state index is -0.310. The molecule has 1 saturated carbocycles. The van der Waals surface area contributed by atoms with Crippen molar-refractivity contribution in [1.29, 1.82) is 0 Å². The summed E-state index contributed by atoms with van der Waals surface area (Å²) in [5.41, 5.74) is 1.62. The van der Waals surface area contributed by atoms with E-state index < -0.39 is 0 Å². The Labute approximate surface area is 156 Å². The number of anilines is 1. The minimum absolute atomic E-state index is 0.00159. The van der Waals surface area contributed by atoms with E-state index in [1.807, 2.05) is 6.92 Å². The summed E-state index contributed by atoms with van der Waals surface area (Å²) in [5.74, 6) is 0.506. The normalized spacial score (nSPS) is 16.1. The number of nitrogens with one attached hydrogen (secondary N) is 2. The number of amides is 1. The maximum absolute atomic E-state index is 13.1. The molecule has 2 heterocycles. The Hall–Kier alpha value is -2.96. The molecular formula is C20H21FN4O2. The fourth-order valence-corrected chi connectivity index (χ4v) is 3.11. The van der Waals surface area contributed by atoms with Crippen molar-refractivity contribution >= 4 is 22.8 Å². The summed E-state index contributed by atoms with van der Waals surface area (Å²) < 4.78 is 18.8. The molecule has 0 radical (unpaired) electrons. The zero-order valence-corrected chi connectivity index (χ0v) is 15.5. The van der Waals surface area contributed by atoms with Gasteiger partial charge < -0.3 is 15.1 Å². The lowest BCUT2D eigenvalue weighted by atomic mass is 10.1. The van der Waals surface area contributed by atoms with Gasteiger partial charge in [-0.1, -0.05) is 12.1 Å².